The Labute approximate surface area is 80.8 Å². The standard InChI is InChI=1S/C11H20N2/c1-11(7-4-8-11)9-12-13-10-5-2-3-6-10/h9-10,13H,2-8H2,1H3/b12-9+. The molecule has 74 valence electrons. The number of nitrogens with zero attached hydrogens (tertiary/aromatic N) is 1. The Hall–Kier alpha value is -0.530. The average molecular weight is 180 g/mol. The van der Waals surface area contributed by atoms with Crippen LogP contribution in [0.2, 0.25) is 0 Å². The molecule has 1 N–H and O–H groups in total. The van der Waals surface area contributed by atoms with E-state index in [-0.39, 0.29) is 0 Å². The van der Waals surface area contributed by atoms with E-state index in [1.54, 1.807) is 0 Å². The van der Waals surface area contributed by atoms with Gasteiger partial charge in [-0.25, -0.2) is 0 Å². The molecule has 2 aliphatic carbocycles. The van der Waals surface area contributed by atoms with Crippen LogP contribution in [0.5, 0.6) is 0 Å². The summed E-state index contributed by atoms with van der Waals surface area (Å²) in [5.74, 6) is 0. The monoisotopic (exact) mass is 180 g/mol. The van der Waals surface area contributed by atoms with Crippen molar-refractivity contribution >= 4 is 6.21 Å². The molecule has 0 spiro atoms. The summed E-state index contributed by atoms with van der Waals surface area (Å²) in [6.45, 7) is 2.30. The third-order valence-electron chi connectivity index (χ3n) is 3.48. The van der Waals surface area contributed by atoms with Gasteiger partial charge >= 0.3 is 0 Å². The highest BCUT2D eigenvalue weighted by Gasteiger charge is 2.29. The molecule has 0 amide bonds. The van der Waals surface area contributed by atoms with Crippen LogP contribution in [0.1, 0.15) is 51.9 Å². The van der Waals surface area contributed by atoms with Gasteiger partial charge in [0.15, 0.2) is 0 Å². The number of hydrazone groups is 1. The maximum atomic E-state index is 4.37. The minimum atomic E-state index is 0.422. The van der Waals surface area contributed by atoms with Gasteiger partial charge in [-0.3, -0.25) is 0 Å². The quantitative estimate of drug-likeness (QED) is 0.524. The molecule has 0 aliphatic heterocycles. The highest BCUT2D eigenvalue weighted by Crippen LogP contribution is 2.38. The van der Waals surface area contributed by atoms with Gasteiger partial charge in [-0.1, -0.05) is 26.2 Å². The van der Waals surface area contributed by atoms with Crippen molar-refractivity contribution in [2.75, 3.05) is 0 Å². The van der Waals surface area contributed by atoms with Crippen LogP contribution in [0.3, 0.4) is 0 Å². The molecule has 0 saturated heterocycles. The van der Waals surface area contributed by atoms with Crippen molar-refractivity contribution in [3.05, 3.63) is 0 Å². The molecule has 2 aliphatic rings. The largest absolute Gasteiger partial charge is 0.307 e. The number of hydrogen-bond donors (Lipinski definition) is 1. The third kappa shape index (κ3) is 2.23. The molecule has 0 unspecified atom stereocenters. The van der Waals surface area contributed by atoms with Gasteiger partial charge in [0.25, 0.3) is 0 Å². The molecular formula is C11H20N2. The Morgan fingerprint density at radius 3 is 2.46 bits per heavy atom. The van der Waals surface area contributed by atoms with E-state index in [0.717, 1.165) is 0 Å². The van der Waals surface area contributed by atoms with Crippen LogP contribution in [0.4, 0.5) is 0 Å². The molecular weight excluding hydrogens is 160 g/mol. The van der Waals surface area contributed by atoms with E-state index in [9.17, 15) is 0 Å². The zero-order valence-electron chi connectivity index (χ0n) is 8.55. The third-order valence-corrected chi connectivity index (χ3v) is 3.48. The molecule has 0 aromatic carbocycles. The van der Waals surface area contributed by atoms with Gasteiger partial charge in [-0.15, -0.1) is 0 Å². The van der Waals surface area contributed by atoms with E-state index in [1.807, 2.05) is 0 Å². The molecule has 13 heavy (non-hydrogen) atoms. The molecule has 0 radical (unpaired) electrons. The minimum Gasteiger partial charge on any atom is -0.307 e. The number of nitrogens with one attached hydrogen (secondary N) is 1. The summed E-state index contributed by atoms with van der Waals surface area (Å²) in [4.78, 5) is 0. The topological polar surface area (TPSA) is 24.4 Å². The Kier molecular flexibility index (Phi) is 2.56. The molecule has 2 heteroatoms. The maximum absolute atomic E-state index is 4.37. The van der Waals surface area contributed by atoms with Crippen LogP contribution in [0, 0.1) is 5.41 Å². The van der Waals surface area contributed by atoms with Gasteiger partial charge in [0.1, 0.15) is 0 Å². The van der Waals surface area contributed by atoms with E-state index < -0.39 is 0 Å². The molecule has 2 rings (SSSR count). The molecule has 2 nitrogen and oxygen atoms in total. The van der Waals surface area contributed by atoms with Crippen molar-refractivity contribution in [1.29, 1.82) is 0 Å². The predicted molar refractivity (Wildman–Crippen MR) is 55.8 cm³/mol. The van der Waals surface area contributed by atoms with Crippen LogP contribution in [-0.4, -0.2) is 12.3 Å². The van der Waals surface area contributed by atoms with E-state index in [1.165, 1.54) is 44.9 Å². The van der Waals surface area contributed by atoms with Gasteiger partial charge in [0.2, 0.25) is 0 Å². The summed E-state index contributed by atoms with van der Waals surface area (Å²) in [5, 5.41) is 4.37. The normalized spacial score (nSPS) is 27.8. The van der Waals surface area contributed by atoms with E-state index in [2.05, 4.69) is 23.7 Å². The van der Waals surface area contributed by atoms with Gasteiger partial charge in [0, 0.05) is 17.7 Å². The fourth-order valence-corrected chi connectivity index (χ4v) is 2.22. The molecule has 0 aromatic rings. The first kappa shape index (κ1) is 9.04. The van der Waals surface area contributed by atoms with Crippen molar-refractivity contribution in [3.63, 3.8) is 0 Å². The van der Waals surface area contributed by atoms with Crippen molar-refractivity contribution in [2.24, 2.45) is 10.5 Å². The van der Waals surface area contributed by atoms with Crippen molar-refractivity contribution in [1.82, 2.24) is 5.43 Å². The van der Waals surface area contributed by atoms with Crippen LogP contribution >= 0.6 is 0 Å². The average Bonchev–Trinajstić information content (AvgIpc) is 2.54. The first-order valence-electron chi connectivity index (χ1n) is 5.58. The molecule has 0 bridgehead atoms. The Balaban J connectivity index is 1.71. The zero-order valence-corrected chi connectivity index (χ0v) is 8.55. The Morgan fingerprint density at radius 2 is 1.92 bits per heavy atom. The lowest BCUT2D eigenvalue weighted by Crippen LogP contribution is -2.29. The minimum absolute atomic E-state index is 0.422. The second-order valence-corrected chi connectivity index (χ2v) is 4.88. The van der Waals surface area contributed by atoms with Crippen molar-refractivity contribution in [2.45, 2.75) is 57.9 Å². The summed E-state index contributed by atoms with van der Waals surface area (Å²) >= 11 is 0. The smallest absolute Gasteiger partial charge is 0.0440 e. The van der Waals surface area contributed by atoms with E-state index in [0.29, 0.717) is 11.5 Å². The summed E-state index contributed by atoms with van der Waals surface area (Å²) in [5.41, 5.74) is 3.70. The van der Waals surface area contributed by atoms with Crippen LogP contribution < -0.4 is 5.43 Å². The molecule has 0 heterocycles. The zero-order chi connectivity index (χ0) is 9.15. The first-order valence-corrected chi connectivity index (χ1v) is 5.58. The second-order valence-electron chi connectivity index (χ2n) is 4.88. The van der Waals surface area contributed by atoms with Crippen LogP contribution in [-0.2, 0) is 0 Å². The summed E-state index contributed by atoms with van der Waals surface area (Å²) in [6, 6.07) is 0.667. The fraction of sp³-hybridized carbons (Fsp3) is 0.909. The SMILES string of the molecule is CC1(/C=N/NC2CCCC2)CCC1. The Morgan fingerprint density at radius 1 is 1.23 bits per heavy atom. The van der Waals surface area contributed by atoms with Gasteiger partial charge in [-0.05, 0) is 25.7 Å². The van der Waals surface area contributed by atoms with Crippen LogP contribution in [0.15, 0.2) is 5.10 Å². The molecule has 2 fully saturated rings. The highest BCUT2D eigenvalue weighted by atomic mass is 15.3. The maximum Gasteiger partial charge on any atom is 0.0440 e. The second kappa shape index (κ2) is 3.69. The van der Waals surface area contributed by atoms with E-state index in [4.69, 9.17) is 0 Å². The van der Waals surface area contributed by atoms with Crippen molar-refractivity contribution in [3.8, 4) is 0 Å². The van der Waals surface area contributed by atoms with Gasteiger partial charge in [-0.2, -0.15) is 5.10 Å². The number of rotatable bonds is 3. The van der Waals surface area contributed by atoms with Crippen LogP contribution in [0.25, 0.3) is 0 Å². The fourth-order valence-electron chi connectivity index (χ4n) is 2.22. The molecule has 2 saturated carbocycles. The predicted octanol–water partition coefficient (Wildman–Crippen LogP) is 2.69. The van der Waals surface area contributed by atoms with Gasteiger partial charge in [0.05, 0.1) is 0 Å². The lowest BCUT2D eigenvalue weighted by molar-refractivity contribution is 0.268. The molecule has 0 atom stereocenters. The Bertz CT molecular complexity index is 188. The van der Waals surface area contributed by atoms with E-state index >= 15 is 0 Å². The van der Waals surface area contributed by atoms with Crippen molar-refractivity contribution < 1.29 is 0 Å². The number of hydrogen-bond acceptors (Lipinski definition) is 2. The highest BCUT2D eigenvalue weighted by molar-refractivity contribution is 5.66. The molecule has 0 aromatic heterocycles. The summed E-state index contributed by atoms with van der Waals surface area (Å²) < 4.78 is 0. The summed E-state index contributed by atoms with van der Waals surface area (Å²) in [6.07, 6.45) is 11.5. The lowest BCUT2D eigenvalue weighted by Gasteiger charge is -2.34. The summed E-state index contributed by atoms with van der Waals surface area (Å²) in [7, 11) is 0. The lowest BCUT2D eigenvalue weighted by atomic mass is 9.72. The first-order chi connectivity index (χ1) is 6.29. The van der Waals surface area contributed by atoms with Gasteiger partial charge < -0.3 is 5.43 Å².